The summed E-state index contributed by atoms with van der Waals surface area (Å²) in [5.74, 6) is 0.326. The topological polar surface area (TPSA) is 77.3 Å². The number of carbonyl (C=O) groups is 2. The quantitative estimate of drug-likeness (QED) is 0.307. The van der Waals surface area contributed by atoms with Crippen molar-refractivity contribution in [2.75, 3.05) is 6.54 Å². The van der Waals surface area contributed by atoms with Gasteiger partial charge in [-0.2, -0.15) is 5.10 Å². The number of benzene rings is 3. The van der Waals surface area contributed by atoms with Crippen LogP contribution >= 0.6 is 0 Å². The highest BCUT2D eigenvalue weighted by atomic mass is 19.1. The molecule has 0 bridgehead atoms. The van der Waals surface area contributed by atoms with E-state index in [9.17, 15) is 18.4 Å². The van der Waals surface area contributed by atoms with Crippen LogP contribution < -0.4 is 4.74 Å². The fourth-order valence-electron chi connectivity index (χ4n) is 4.96. The number of halogens is 2. The van der Waals surface area contributed by atoms with E-state index in [-0.39, 0.29) is 42.2 Å². The van der Waals surface area contributed by atoms with E-state index in [1.807, 2.05) is 12.1 Å². The first-order chi connectivity index (χ1) is 18.8. The molecule has 4 aromatic rings. The van der Waals surface area contributed by atoms with Gasteiger partial charge in [0, 0.05) is 13.0 Å². The Balaban J connectivity index is 1.26. The molecule has 1 aliphatic heterocycles. The predicted octanol–water partition coefficient (Wildman–Crippen LogP) is 4.93. The van der Waals surface area contributed by atoms with Gasteiger partial charge in [0.1, 0.15) is 42.3 Å². The van der Waals surface area contributed by atoms with Crippen molar-refractivity contribution >= 4 is 11.7 Å². The summed E-state index contributed by atoms with van der Waals surface area (Å²) in [7, 11) is 0. The average molecular weight is 531 g/mol. The van der Waals surface area contributed by atoms with Crippen molar-refractivity contribution in [3.05, 3.63) is 108 Å². The Kier molecular flexibility index (Phi) is 7.76. The summed E-state index contributed by atoms with van der Waals surface area (Å²) in [6.45, 7) is 2.11. The van der Waals surface area contributed by atoms with Crippen molar-refractivity contribution in [1.29, 1.82) is 0 Å². The van der Waals surface area contributed by atoms with Crippen molar-refractivity contribution in [2.45, 2.75) is 38.8 Å². The van der Waals surface area contributed by atoms with Crippen LogP contribution in [-0.4, -0.2) is 43.9 Å². The number of hydrogen-bond acceptors (Lipinski definition) is 5. The first-order valence-corrected chi connectivity index (χ1v) is 12.8. The van der Waals surface area contributed by atoms with Crippen LogP contribution in [0.15, 0.2) is 79.4 Å². The molecule has 1 aliphatic rings. The maximum absolute atomic E-state index is 13.5. The molecule has 0 radical (unpaired) electrons. The van der Waals surface area contributed by atoms with Crippen LogP contribution in [0, 0.1) is 24.5 Å². The first-order valence-electron chi connectivity index (χ1n) is 12.8. The molecular weight excluding hydrogens is 502 g/mol. The standard InChI is InChI=1S/C30H28F2N4O3/c1-20-12-26(10-11-27(20)32)39-25-8-4-22(5-9-25)15-29(37)28-14-23(13-21-2-6-24(31)7-3-21)16-36(28)30(38)17-35-19-33-18-34-35/h2-12,18-19,23,28H,13-17H2,1H3/t23-,28+/m1/s1. The molecule has 1 aromatic heterocycles. The SMILES string of the molecule is Cc1cc(Oc2ccc(CC(=O)[C@@H]3C[C@@H](Cc4ccc(F)cc4)CN3C(=O)Cn3cncn3)cc2)ccc1F. The second-order valence-electron chi connectivity index (χ2n) is 9.89. The fourth-order valence-corrected chi connectivity index (χ4v) is 4.96. The third-order valence-electron chi connectivity index (χ3n) is 6.95. The Morgan fingerprint density at radius 3 is 2.38 bits per heavy atom. The zero-order valence-electron chi connectivity index (χ0n) is 21.5. The number of nitrogens with zero attached hydrogens (tertiary/aromatic N) is 4. The summed E-state index contributed by atoms with van der Waals surface area (Å²) in [4.78, 5) is 32.2. The first kappa shape index (κ1) is 26.2. The molecule has 7 nitrogen and oxygen atoms in total. The van der Waals surface area contributed by atoms with Gasteiger partial charge in [-0.1, -0.05) is 24.3 Å². The van der Waals surface area contributed by atoms with Crippen molar-refractivity contribution in [2.24, 2.45) is 5.92 Å². The third kappa shape index (κ3) is 6.54. The van der Waals surface area contributed by atoms with Gasteiger partial charge >= 0.3 is 0 Å². The molecule has 0 spiro atoms. The summed E-state index contributed by atoms with van der Waals surface area (Å²) in [6, 6.07) is 17.5. The van der Waals surface area contributed by atoms with Crippen LogP contribution in [0.4, 0.5) is 8.78 Å². The Hall–Kier alpha value is -4.40. The zero-order chi connectivity index (χ0) is 27.4. The number of likely N-dealkylation sites (tertiary alicyclic amines) is 1. The number of carbonyl (C=O) groups excluding carboxylic acids is 2. The second-order valence-corrected chi connectivity index (χ2v) is 9.89. The summed E-state index contributed by atoms with van der Waals surface area (Å²) >= 11 is 0. The Morgan fingerprint density at radius 1 is 0.974 bits per heavy atom. The third-order valence-corrected chi connectivity index (χ3v) is 6.95. The van der Waals surface area contributed by atoms with Crippen molar-refractivity contribution in [3.8, 4) is 11.5 Å². The molecule has 5 rings (SSSR count). The molecular formula is C30H28F2N4O3. The highest BCUT2D eigenvalue weighted by molar-refractivity contribution is 5.91. The molecule has 39 heavy (non-hydrogen) atoms. The normalized spacial score (nSPS) is 16.8. The molecule has 0 unspecified atom stereocenters. The van der Waals surface area contributed by atoms with Crippen LogP contribution in [0.1, 0.15) is 23.1 Å². The smallest absolute Gasteiger partial charge is 0.244 e. The summed E-state index contributed by atoms with van der Waals surface area (Å²) < 4.78 is 34.1. The van der Waals surface area contributed by atoms with E-state index in [4.69, 9.17) is 4.74 Å². The van der Waals surface area contributed by atoms with Gasteiger partial charge in [0.2, 0.25) is 5.91 Å². The highest BCUT2D eigenvalue weighted by Gasteiger charge is 2.39. The lowest BCUT2D eigenvalue weighted by Gasteiger charge is -2.23. The van der Waals surface area contributed by atoms with Crippen LogP contribution in [0.2, 0.25) is 0 Å². The van der Waals surface area contributed by atoms with Gasteiger partial charge in [-0.25, -0.2) is 18.4 Å². The Labute approximate surface area is 225 Å². The second kappa shape index (κ2) is 11.6. The number of Topliss-reactive ketones (excluding diaryl/α,β-unsaturated/α-hetero) is 1. The van der Waals surface area contributed by atoms with E-state index >= 15 is 0 Å². The minimum Gasteiger partial charge on any atom is -0.457 e. The van der Waals surface area contributed by atoms with Crippen LogP contribution in [0.5, 0.6) is 11.5 Å². The minimum atomic E-state index is -0.565. The van der Waals surface area contributed by atoms with E-state index in [0.29, 0.717) is 36.4 Å². The summed E-state index contributed by atoms with van der Waals surface area (Å²) in [5, 5.41) is 4.01. The average Bonchev–Trinajstić information content (AvgIpc) is 3.59. The van der Waals surface area contributed by atoms with E-state index in [1.54, 1.807) is 48.2 Å². The van der Waals surface area contributed by atoms with Crippen LogP contribution in [0.25, 0.3) is 0 Å². The zero-order valence-corrected chi connectivity index (χ0v) is 21.5. The number of ketones is 1. The van der Waals surface area contributed by atoms with E-state index in [0.717, 1.165) is 11.1 Å². The van der Waals surface area contributed by atoms with Gasteiger partial charge in [0.05, 0.1) is 6.04 Å². The number of aryl methyl sites for hydroxylation is 1. The number of ether oxygens (including phenoxy) is 1. The van der Waals surface area contributed by atoms with Crippen LogP contribution in [0.3, 0.4) is 0 Å². The van der Waals surface area contributed by atoms with Gasteiger partial charge in [0.25, 0.3) is 0 Å². The summed E-state index contributed by atoms with van der Waals surface area (Å²) in [6.07, 6.45) is 4.17. The van der Waals surface area contributed by atoms with Gasteiger partial charge < -0.3 is 9.64 Å². The van der Waals surface area contributed by atoms with E-state index < -0.39 is 6.04 Å². The van der Waals surface area contributed by atoms with E-state index in [2.05, 4.69) is 10.1 Å². The molecule has 3 aromatic carbocycles. The molecule has 1 saturated heterocycles. The number of hydrogen-bond donors (Lipinski definition) is 0. The van der Waals surface area contributed by atoms with E-state index in [1.165, 1.54) is 35.5 Å². The lowest BCUT2D eigenvalue weighted by Crippen LogP contribution is -2.42. The van der Waals surface area contributed by atoms with Gasteiger partial charge in [-0.15, -0.1) is 0 Å². The molecule has 1 amide bonds. The largest absolute Gasteiger partial charge is 0.457 e. The fraction of sp³-hybridized carbons (Fsp3) is 0.267. The minimum absolute atomic E-state index is 0.00193. The molecule has 2 atom stereocenters. The van der Waals surface area contributed by atoms with Gasteiger partial charge in [-0.3, -0.25) is 9.59 Å². The molecule has 9 heteroatoms. The maximum Gasteiger partial charge on any atom is 0.244 e. The Morgan fingerprint density at radius 2 is 1.69 bits per heavy atom. The Bertz CT molecular complexity index is 1440. The van der Waals surface area contributed by atoms with Crippen molar-refractivity contribution < 1.29 is 23.1 Å². The molecule has 1 fully saturated rings. The lowest BCUT2D eigenvalue weighted by molar-refractivity contribution is -0.138. The summed E-state index contributed by atoms with van der Waals surface area (Å²) in [5.41, 5.74) is 2.25. The van der Waals surface area contributed by atoms with Crippen molar-refractivity contribution in [1.82, 2.24) is 19.7 Å². The molecule has 0 aliphatic carbocycles. The molecule has 0 N–H and O–H groups in total. The number of amides is 1. The maximum atomic E-state index is 13.5. The molecule has 200 valence electrons. The number of aromatic nitrogens is 3. The monoisotopic (exact) mass is 530 g/mol. The number of rotatable bonds is 9. The van der Waals surface area contributed by atoms with Gasteiger partial charge in [0.15, 0.2) is 5.78 Å². The van der Waals surface area contributed by atoms with Crippen molar-refractivity contribution in [3.63, 3.8) is 0 Å². The van der Waals surface area contributed by atoms with Gasteiger partial charge in [-0.05, 0) is 84.8 Å². The van der Waals surface area contributed by atoms with Crippen LogP contribution in [-0.2, 0) is 29.0 Å². The highest BCUT2D eigenvalue weighted by Crippen LogP contribution is 2.29. The predicted molar refractivity (Wildman–Crippen MR) is 140 cm³/mol. The lowest BCUT2D eigenvalue weighted by atomic mass is 9.94. The molecule has 2 heterocycles. The molecule has 0 saturated carbocycles.